The van der Waals surface area contributed by atoms with Gasteiger partial charge in [-0.3, -0.25) is 4.79 Å². The molecule has 0 aliphatic heterocycles. The molecule has 0 saturated carbocycles. The molecule has 1 atom stereocenters. The highest BCUT2D eigenvalue weighted by Gasteiger charge is 2.19. The first-order valence-electron chi connectivity index (χ1n) is 6.36. The van der Waals surface area contributed by atoms with Crippen LogP contribution >= 0.6 is 0 Å². The van der Waals surface area contributed by atoms with Crippen molar-refractivity contribution in [1.29, 1.82) is 0 Å². The standard InChI is InChI=1S/C14H22N2O3/c1-10(2)8-13(16-19-3)14(18)15-12-6-4-11(9-17)5-7-12/h4-7,10,13,16-17H,8-9H2,1-3H3,(H,15,18). The molecule has 1 amide bonds. The summed E-state index contributed by atoms with van der Waals surface area (Å²) >= 11 is 0. The number of aliphatic hydroxyl groups is 1. The molecule has 1 unspecified atom stereocenters. The zero-order chi connectivity index (χ0) is 14.3. The molecule has 0 bridgehead atoms. The summed E-state index contributed by atoms with van der Waals surface area (Å²) in [5.74, 6) is 0.252. The average molecular weight is 266 g/mol. The van der Waals surface area contributed by atoms with E-state index in [1.54, 1.807) is 24.3 Å². The Labute approximate surface area is 113 Å². The Morgan fingerprint density at radius 2 is 1.95 bits per heavy atom. The zero-order valence-corrected chi connectivity index (χ0v) is 11.6. The van der Waals surface area contributed by atoms with Gasteiger partial charge in [-0.1, -0.05) is 26.0 Å². The van der Waals surface area contributed by atoms with Gasteiger partial charge in [0.2, 0.25) is 5.91 Å². The van der Waals surface area contributed by atoms with Crippen LogP contribution in [0.4, 0.5) is 5.69 Å². The Morgan fingerprint density at radius 1 is 1.32 bits per heavy atom. The summed E-state index contributed by atoms with van der Waals surface area (Å²) in [4.78, 5) is 16.9. The lowest BCUT2D eigenvalue weighted by molar-refractivity contribution is -0.122. The van der Waals surface area contributed by atoms with Gasteiger partial charge in [0.25, 0.3) is 0 Å². The van der Waals surface area contributed by atoms with Crippen LogP contribution < -0.4 is 10.8 Å². The molecule has 3 N–H and O–H groups in total. The third-order valence-electron chi connectivity index (χ3n) is 2.69. The third kappa shape index (κ3) is 5.38. The van der Waals surface area contributed by atoms with E-state index in [9.17, 15) is 4.79 Å². The lowest BCUT2D eigenvalue weighted by Gasteiger charge is -2.18. The topological polar surface area (TPSA) is 70.6 Å². The summed E-state index contributed by atoms with van der Waals surface area (Å²) in [6, 6.07) is 6.70. The Kier molecular flexibility index (Phi) is 6.49. The van der Waals surface area contributed by atoms with Crippen molar-refractivity contribution in [2.24, 2.45) is 5.92 Å². The fourth-order valence-corrected chi connectivity index (χ4v) is 1.75. The number of carbonyl (C=O) groups is 1. The Hall–Kier alpha value is -1.43. The zero-order valence-electron chi connectivity index (χ0n) is 11.6. The number of hydrogen-bond donors (Lipinski definition) is 3. The summed E-state index contributed by atoms with van der Waals surface area (Å²) < 4.78 is 0. The van der Waals surface area contributed by atoms with E-state index in [-0.39, 0.29) is 18.6 Å². The molecule has 1 aromatic carbocycles. The van der Waals surface area contributed by atoms with Gasteiger partial charge >= 0.3 is 0 Å². The van der Waals surface area contributed by atoms with Crippen LogP contribution in [0.15, 0.2) is 24.3 Å². The van der Waals surface area contributed by atoms with Crippen molar-refractivity contribution >= 4 is 11.6 Å². The number of nitrogens with one attached hydrogen (secondary N) is 2. The first-order chi connectivity index (χ1) is 9.06. The van der Waals surface area contributed by atoms with Crippen LogP contribution in [0, 0.1) is 5.92 Å². The first-order valence-corrected chi connectivity index (χ1v) is 6.36. The van der Waals surface area contributed by atoms with Crippen molar-refractivity contribution in [3.8, 4) is 0 Å². The van der Waals surface area contributed by atoms with E-state index in [4.69, 9.17) is 9.94 Å². The Balaban J connectivity index is 2.63. The Bertz CT molecular complexity index is 390. The lowest BCUT2D eigenvalue weighted by atomic mass is 10.0. The van der Waals surface area contributed by atoms with Crippen molar-refractivity contribution in [2.45, 2.75) is 32.9 Å². The molecule has 0 saturated heterocycles. The maximum absolute atomic E-state index is 12.1. The van der Waals surface area contributed by atoms with Crippen LogP contribution in [0.25, 0.3) is 0 Å². The maximum Gasteiger partial charge on any atom is 0.243 e. The van der Waals surface area contributed by atoms with E-state index < -0.39 is 0 Å². The van der Waals surface area contributed by atoms with Crippen molar-refractivity contribution < 1.29 is 14.7 Å². The van der Waals surface area contributed by atoms with Crippen LogP contribution in [0.5, 0.6) is 0 Å². The van der Waals surface area contributed by atoms with Crippen LogP contribution in [-0.4, -0.2) is 24.2 Å². The predicted octanol–water partition coefficient (Wildman–Crippen LogP) is 1.68. The molecule has 0 spiro atoms. The highest BCUT2D eigenvalue weighted by atomic mass is 16.6. The van der Waals surface area contributed by atoms with Crippen LogP contribution in [0.1, 0.15) is 25.8 Å². The van der Waals surface area contributed by atoms with Crippen LogP contribution in [0.3, 0.4) is 0 Å². The van der Waals surface area contributed by atoms with Crippen LogP contribution in [0.2, 0.25) is 0 Å². The van der Waals surface area contributed by atoms with Gasteiger partial charge < -0.3 is 15.3 Å². The second-order valence-electron chi connectivity index (χ2n) is 4.85. The van der Waals surface area contributed by atoms with Gasteiger partial charge in [0.1, 0.15) is 6.04 Å². The molecule has 0 fully saturated rings. The van der Waals surface area contributed by atoms with E-state index in [1.165, 1.54) is 7.11 Å². The number of anilines is 1. The molecular formula is C14H22N2O3. The molecule has 1 rings (SSSR count). The average Bonchev–Trinajstić information content (AvgIpc) is 2.38. The van der Waals surface area contributed by atoms with E-state index in [2.05, 4.69) is 10.8 Å². The molecule has 106 valence electrons. The summed E-state index contributed by atoms with van der Waals surface area (Å²) in [6.07, 6.45) is 0.689. The van der Waals surface area contributed by atoms with Crippen molar-refractivity contribution in [1.82, 2.24) is 5.48 Å². The summed E-state index contributed by atoms with van der Waals surface area (Å²) in [6.45, 7) is 4.09. The number of aliphatic hydroxyl groups excluding tert-OH is 1. The van der Waals surface area contributed by atoms with Gasteiger partial charge in [-0.05, 0) is 30.0 Å². The van der Waals surface area contributed by atoms with Crippen molar-refractivity contribution in [3.05, 3.63) is 29.8 Å². The number of hydrogen-bond acceptors (Lipinski definition) is 4. The van der Waals surface area contributed by atoms with Gasteiger partial charge in [-0.2, -0.15) is 5.48 Å². The molecule has 0 aliphatic rings. The molecule has 0 heterocycles. The van der Waals surface area contributed by atoms with E-state index in [1.807, 2.05) is 13.8 Å². The molecule has 19 heavy (non-hydrogen) atoms. The summed E-state index contributed by atoms with van der Waals surface area (Å²) in [5.41, 5.74) is 4.22. The first kappa shape index (κ1) is 15.6. The van der Waals surface area contributed by atoms with Gasteiger partial charge in [0.05, 0.1) is 13.7 Å². The Morgan fingerprint density at radius 3 is 2.42 bits per heavy atom. The number of carbonyl (C=O) groups excluding carboxylic acids is 1. The molecule has 0 aromatic heterocycles. The second-order valence-corrected chi connectivity index (χ2v) is 4.85. The number of hydroxylamine groups is 1. The van der Waals surface area contributed by atoms with Crippen molar-refractivity contribution in [2.75, 3.05) is 12.4 Å². The highest BCUT2D eigenvalue weighted by molar-refractivity contribution is 5.94. The summed E-state index contributed by atoms with van der Waals surface area (Å²) in [7, 11) is 1.50. The molecule has 0 radical (unpaired) electrons. The molecule has 0 aliphatic carbocycles. The minimum Gasteiger partial charge on any atom is -0.392 e. The smallest absolute Gasteiger partial charge is 0.243 e. The molecule has 1 aromatic rings. The monoisotopic (exact) mass is 266 g/mol. The molecule has 5 heteroatoms. The van der Waals surface area contributed by atoms with Gasteiger partial charge in [0.15, 0.2) is 0 Å². The maximum atomic E-state index is 12.1. The van der Waals surface area contributed by atoms with Gasteiger partial charge in [-0.25, -0.2) is 0 Å². The summed E-state index contributed by atoms with van der Waals surface area (Å²) in [5, 5.41) is 11.8. The SMILES string of the molecule is CONC(CC(C)C)C(=O)Nc1ccc(CO)cc1. The molecule has 5 nitrogen and oxygen atoms in total. The fraction of sp³-hybridized carbons (Fsp3) is 0.500. The van der Waals surface area contributed by atoms with E-state index >= 15 is 0 Å². The van der Waals surface area contributed by atoms with Crippen LogP contribution in [-0.2, 0) is 16.2 Å². The number of amides is 1. The number of rotatable bonds is 7. The highest BCUT2D eigenvalue weighted by Crippen LogP contribution is 2.12. The van der Waals surface area contributed by atoms with Gasteiger partial charge in [0, 0.05) is 5.69 Å². The normalized spacial score (nSPS) is 12.5. The quantitative estimate of drug-likeness (QED) is 0.657. The second kappa shape index (κ2) is 7.89. The minimum atomic E-state index is -0.387. The van der Waals surface area contributed by atoms with E-state index in [0.29, 0.717) is 18.0 Å². The van der Waals surface area contributed by atoms with E-state index in [0.717, 1.165) is 5.56 Å². The largest absolute Gasteiger partial charge is 0.392 e. The predicted molar refractivity (Wildman–Crippen MR) is 74.4 cm³/mol. The number of benzene rings is 1. The van der Waals surface area contributed by atoms with Gasteiger partial charge in [-0.15, -0.1) is 0 Å². The molecular weight excluding hydrogens is 244 g/mol. The van der Waals surface area contributed by atoms with Crippen molar-refractivity contribution in [3.63, 3.8) is 0 Å². The lowest BCUT2D eigenvalue weighted by Crippen LogP contribution is -2.40. The fourth-order valence-electron chi connectivity index (χ4n) is 1.75. The minimum absolute atomic E-state index is 0.00453. The third-order valence-corrected chi connectivity index (χ3v) is 2.69.